The Labute approximate surface area is 211 Å². The van der Waals surface area contributed by atoms with Crippen LogP contribution in [0.1, 0.15) is 53.9 Å². The average molecular weight is 495 g/mol. The van der Waals surface area contributed by atoms with Gasteiger partial charge in [0.25, 0.3) is 0 Å². The van der Waals surface area contributed by atoms with E-state index in [2.05, 4.69) is 51.2 Å². The highest BCUT2D eigenvalue weighted by Gasteiger charge is 2.27. The number of oxazole rings is 1. The van der Waals surface area contributed by atoms with Crippen molar-refractivity contribution in [3.63, 3.8) is 0 Å². The number of pyridine rings is 1. The van der Waals surface area contributed by atoms with Gasteiger partial charge >= 0.3 is 6.16 Å². The SMILES string of the molecule is Cc1ncc(-c2cnc(-c3ccc(N4CC[C@@H](NC(C)(C)C)C4)nn3)c(OC(=O)OC(C)(C)C)c2)o1. The van der Waals surface area contributed by atoms with Crippen molar-refractivity contribution in [1.82, 2.24) is 25.5 Å². The summed E-state index contributed by atoms with van der Waals surface area (Å²) in [5, 5.41) is 12.5. The number of rotatable bonds is 5. The minimum Gasteiger partial charge on any atom is -0.441 e. The molecule has 0 bridgehead atoms. The Morgan fingerprint density at radius 2 is 1.89 bits per heavy atom. The lowest BCUT2D eigenvalue weighted by Gasteiger charge is -2.26. The largest absolute Gasteiger partial charge is 0.514 e. The number of nitrogens with zero attached hydrogens (tertiary/aromatic N) is 5. The first kappa shape index (κ1) is 25.6. The molecule has 0 saturated carbocycles. The number of carbonyl (C=O) groups excluding carboxylic acids is 1. The second-order valence-corrected chi connectivity index (χ2v) is 11.0. The van der Waals surface area contributed by atoms with Crippen LogP contribution in [0.5, 0.6) is 5.75 Å². The van der Waals surface area contributed by atoms with E-state index < -0.39 is 11.8 Å². The second-order valence-electron chi connectivity index (χ2n) is 11.0. The number of anilines is 1. The van der Waals surface area contributed by atoms with Crippen LogP contribution in [0.4, 0.5) is 10.6 Å². The second kappa shape index (κ2) is 9.85. The van der Waals surface area contributed by atoms with Gasteiger partial charge in [-0.05, 0) is 66.2 Å². The lowest BCUT2D eigenvalue weighted by molar-refractivity contribution is 0.0206. The van der Waals surface area contributed by atoms with E-state index in [9.17, 15) is 4.79 Å². The number of ether oxygens (including phenoxy) is 2. The quantitative estimate of drug-likeness (QED) is 0.497. The van der Waals surface area contributed by atoms with Gasteiger partial charge in [-0.3, -0.25) is 0 Å². The molecule has 4 heterocycles. The zero-order valence-electron chi connectivity index (χ0n) is 22.0. The topological polar surface area (TPSA) is 116 Å². The number of hydrogen-bond donors (Lipinski definition) is 1. The maximum atomic E-state index is 12.5. The Morgan fingerprint density at radius 1 is 1.11 bits per heavy atom. The first-order valence-corrected chi connectivity index (χ1v) is 12.1. The summed E-state index contributed by atoms with van der Waals surface area (Å²) in [4.78, 5) is 23.3. The van der Waals surface area contributed by atoms with Crippen molar-refractivity contribution >= 4 is 12.0 Å². The summed E-state index contributed by atoms with van der Waals surface area (Å²) in [6.07, 6.45) is 3.42. The number of carbonyl (C=O) groups is 1. The molecule has 3 aromatic rings. The van der Waals surface area contributed by atoms with Crippen molar-refractivity contribution in [2.24, 2.45) is 0 Å². The molecule has 1 atom stereocenters. The minimum absolute atomic E-state index is 0.0585. The predicted molar refractivity (Wildman–Crippen MR) is 136 cm³/mol. The highest BCUT2D eigenvalue weighted by molar-refractivity contribution is 5.73. The van der Waals surface area contributed by atoms with E-state index in [4.69, 9.17) is 13.9 Å². The van der Waals surface area contributed by atoms with Gasteiger partial charge < -0.3 is 24.1 Å². The van der Waals surface area contributed by atoms with E-state index >= 15 is 0 Å². The molecule has 1 aliphatic rings. The van der Waals surface area contributed by atoms with Crippen LogP contribution < -0.4 is 15.0 Å². The fraction of sp³-hybridized carbons (Fsp3) is 0.500. The van der Waals surface area contributed by atoms with Gasteiger partial charge in [-0.1, -0.05) is 0 Å². The highest BCUT2D eigenvalue weighted by atomic mass is 16.7. The predicted octanol–water partition coefficient (Wildman–Crippen LogP) is 4.78. The molecule has 10 heteroatoms. The van der Waals surface area contributed by atoms with Crippen LogP contribution in [0.25, 0.3) is 22.7 Å². The summed E-state index contributed by atoms with van der Waals surface area (Å²) < 4.78 is 16.5. The monoisotopic (exact) mass is 494 g/mol. The van der Waals surface area contributed by atoms with Crippen LogP contribution >= 0.6 is 0 Å². The molecule has 192 valence electrons. The van der Waals surface area contributed by atoms with Crippen LogP contribution in [0.2, 0.25) is 0 Å². The number of nitrogens with one attached hydrogen (secondary N) is 1. The minimum atomic E-state index is -0.838. The van der Waals surface area contributed by atoms with E-state index in [1.165, 1.54) is 0 Å². The highest BCUT2D eigenvalue weighted by Crippen LogP contribution is 2.32. The molecule has 1 fully saturated rings. The third-order valence-corrected chi connectivity index (χ3v) is 5.38. The number of hydrogen-bond acceptors (Lipinski definition) is 10. The Bertz CT molecular complexity index is 1210. The fourth-order valence-corrected chi connectivity index (χ4v) is 4.02. The van der Waals surface area contributed by atoms with E-state index in [0.717, 1.165) is 25.3 Å². The zero-order chi connectivity index (χ0) is 26.1. The molecule has 0 radical (unpaired) electrons. The Hall–Kier alpha value is -3.53. The van der Waals surface area contributed by atoms with Crippen molar-refractivity contribution in [3.05, 3.63) is 36.5 Å². The van der Waals surface area contributed by atoms with Crippen LogP contribution in [-0.2, 0) is 4.74 Å². The Kier molecular flexibility index (Phi) is 6.99. The van der Waals surface area contributed by atoms with E-state index in [0.29, 0.717) is 34.6 Å². The molecule has 0 aromatic carbocycles. The first-order chi connectivity index (χ1) is 16.9. The third-order valence-electron chi connectivity index (χ3n) is 5.38. The summed E-state index contributed by atoms with van der Waals surface area (Å²) >= 11 is 0. The lowest BCUT2D eigenvalue weighted by Crippen LogP contribution is -2.45. The van der Waals surface area contributed by atoms with Gasteiger partial charge in [-0.15, -0.1) is 10.2 Å². The van der Waals surface area contributed by atoms with Gasteiger partial charge in [0.05, 0.1) is 6.20 Å². The standard InChI is InChI=1S/C26H34N6O4/c1-16-27-14-21(34-16)17-12-20(35-24(33)36-26(5,6)7)23(28-13-17)19-8-9-22(31-30-19)32-11-10-18(15-32)29-25(2,3)4/h8-9,12-14,18,29H,10-11,15H2,1-7H3/t18-/m1/s1. The van der Waals surface area contributed by atoms with Gasteiger partial charge in [0, 0.05) is 43.4 Å². The maximum Gasteiger partial charge on any atom is 0.514 e. The molecular weight excluding hydrogens is 460 g/mol. The molecule has 10 nitrogen and oxygen atoms in total. The molecule has 0 aliphatic carbocycles. The fourth-order valence-electron chi connectivity index (χ4n) is 4.02. The Morgan fingerprint density at radius 3 is 2.50 bits per heavy atom. The normalized spacial score (nSPS) is 16.3. The van der Waals surface area contributed by atoms with Crippen molar-refractivity contribution in [1.29, 1.82) is 0 Å². The lowest BCUT2D eigenvalue weighted by atomic mass is 10.1. The van der Waals surface area contributed by atoms with Crippen molar-refractivity contribution in [2.45, 2.75) is 72.1 Å². The van der Waals surface area contributed by atoms with E-state index in [-0.39, 0.29) is 11.3 Å². The Balaban J connectivity index is 1.58. The van der Waals surface area contributed by atoms with Crippen LogP contribution in [0, 0.1) is 6.92 Å². The van der Waals surface area contributed by atoms with Gasteiger partial charge in [0.15, 0.2) is 23.2 Å². The van der Waals surface area contributed by atoms with Crippen LogP contribution in [-0.4, -0.2) is 56.6 Å². The van der Waals surface area contributed by atoms with Crippen molar-refractivity contribution in [2.75, 3.05) is 18.0 Å². The summed E-state index contributed by atoms with van der Waals surface area (Å²) in [7, 11) is 0. The summed E-state index contributed by atoms with van der Waals surface area (Å²) in [5.74, 6) is 2.01. The number of aryl methyl sites for hydroxylation is 1. The third kappa shape index (κ3) is 6.57. The summed E-state index contributed by atoms with van der Waals surface area (Å²) in [6, 6.07) is 5.80. The molecule has 1 saturated heterocycles. The zero-order valence-corrected chi connectivity index (χ0v) is 22.0. The van der Waals surface area contributed by atoms with E-state index in [1.807, 2.05) is 12.1 Å². The molecular formula is C26H34N6O4. The molecule has 0 amide bonds. The van der Waals surface area contributed by atoms with Gasteiger partial charge in [-0.25, -0.2) is 14.8 Å². The van der Waals surface area contributed by atoms with Crippen LogP contribution in [0.15, 0.2) is 35.0 Å². The molecule has 0 spiro atoms. The summed E-state index contributed by atoms with van der Waals surface area (Å²) in [6.45, 7) is 15.3. The smallest absolute Gasteiger partial charge is 0.441 e. The van der Waals surface area contributed by atoms with Crippen molar-refractivity contribution in [3.8, 4) is 28.5 Å². The average Bonchev–Trinajstić information content (AvgIpc) is 3.40. The molecule has 1 aliphatic heterocycles. The molecule has 0 unspecified atom stereocenters. The van der Waals surface area contributed by atoms with Crippen LogP contribution in [0.3, 0.4) is 0 Å². The molecule has 1 N–H and O–H groups in total. The summed E-state index contributed by atoms with van der Waals surface area (Å²) in [5.41, 5.74) is 0.802. The van der Waals surface area contributed by atoms with Gasteiger partial charge in [0.2, 0.25) is 0 Å². The first-order valence-electron chi connectivity index (χ1n) is 12.1. The molecule has 4 rings (SSSR count). The van der Waals surface area contributed by atoms with Gasteiger partial charge in [-0.2, -0.15) is 0 Å². The van der Waals surface area contributed by atoms with E-state index in [1.54, 1.807) is 46.2 Å². The molecule has 36 heavy (non-hydrogen) atoms. The number of aromatic nitrogens is 4. The maximum absolute atomic E-state index is 12.5. The van der Waals surface area contributed by atoms with Gasteiger partial charge in [0.1, 0.15) is 17.0 Å². The molecule has 3 aromatic heterocycles. The van der Waals surface area contributed by atoms with Crippen molar-refractivity contribution < 1.29 is 18.7 Å².